The molecule has 0 aromatic rings. The minimum atomic E-state index is -0.357. The summed E-state index contributed by atoms with van der Waals surface area (Å²) in [6.45, 7) is 11.2. The summed E-state index contributed by atoms with van der Waals surface area (Å²) >= 11 is 0. The summed E-state index contributed by atoms with van der Waals surface area (Å²) in [7, 11) is 0. The second kappa shape index (κ2) is 4.62. The first-order valence-corrected chi connectivity index (χ1v) is 9.37. The number of allylic oxidation sites excluding steroid dienone is 1. The number of hydrogen-bond donors (Lipinski definition) is 2. The van der Waals surface area contributed by atoms with Crippen LogP contribution in [0.1, 0.15) is 60.3 Å². The Morgan fingerprint density at radius 3 is 2.52 bits per heavy atom. The number of ether oxygens (including phenoxy) is 1. The van der Waals surface area contributed by atoms with Crippen molar-refractivity contribution in [3.63, 3.8) is 0 Å². The van der Waals surface area contributed by atoms with Crippen molar-refractivity contribution in [1.82, 2.24) is 0 Å². The van der Waals surface area contributed by atoms with Crippen LogP contribution in [0.3, 0.4) is 0 Å². The first-order chi connectivity index (χ1) is 10.6. The summed E-state index contributed by atoms with van der Waals surface area (Å²) in [4.78, 5) is 0. The molecule has 1 heterocycles. The van der Waals surface area contributed by atoms with E-state index in [1.54, 1.807) is 0 Å². The molecule has 8 atom stereocenters. The minimum Gasteiger partial charge on any atom is -0.390 e. The second-order valence-corrected chi connectivity index (χ2v) is 9.76. The van der Waals surface area contributed by atoms with Gasteiger partial charge in [0, 0.05) is 5.41 Å². The Morgan fingerprint density at radius 2 is 1.87 bits per heavy atom. The molecule has 3 aliphatic carbocycles. The fraction of sp³-hybridized carbons (Fsp3) is 0.900. The van der Waals surface area contributed by atoms with Crippen LogP contribution in [0.25, 0.3) is 0 Å². The molecule has 1 saturated heterocycles. The van der Waals surface area contributed by atoms with Crippen molar-refractivity contribution in [2.45, 2.75) is 84.2 Å². The smallest absolute Gasteiger partial charge is 0.118 e. The average Bonchev–Trinajstić information content (AvgIpc) is 3.05. The van der Waals surface area contributed by atoms with Crippen LogP contribution in [0.2, 0.25) is 0 Å². The maximum atomic E-state index is 10.8. The first-order valence-electron chi connectivity index (χ1n) is 9.37. The van der Waals surface area contributed by atoms with E-state index in [0.717, 1.165) is 25.7 Å². The Bertz CT molecular complexity index is 555. The zero-order chi connectivity index (χ0) is 16.8. The highest BCUT2D eigenvalue weighted by Crippen LogP contribution is 2.66. The van der Waals surface area contributed by atoms with E-state index in [1.807, 2.05) is 0 Å². The molecule has 0 bridgehead atoms. The summed E-state index contributed by atoms with van der Waals surface area (Å²) in [6, 6.07) is 0. The molecule has 0 spiro atoms. The van der Waals surface area contributed by atoms with Gasteiger partial charge in [0.15, 0.2) is 0 Å². The SMILES string of the molecule is CC(C)C1=CC(O)C2(C)CCC3(C)C[C@@H](O)[C@]4(C)OC4C[C@@H]3C12. The van der Waals surface area contributed by atoms with Crippen LogP contribution in [-0.4, -0.2) is 34.1 Å². The quantitative estimate of drug-likeness (QED) is 0.576. The van der Waals surface area contributed by atoms with Gasteiger partial charge in [-0.2, -0.15) is 0 Å². The minimum absolute atomic E-state index is 0.0373. The second-order valence-electron chi connectivity index (χ2n) is 9.76. The zero-order valence-corrected chi connectivity index (χ0v) is 15.2. The lowest BCUT2D eigenvalue weighted by molar-refractivity contribution is -0.0853. The molecule has 2 N–H and O–H groups in total. The highest BCUT2D eigenvalue weighted by Gasteiger charge is 2.67. The molecule has 130 valence electrons. The standard InChI is InChI=1S/C20H32O3/c1-11(2)12-8-14(21)19(4)7-6-18(3)10-15(22)20(5)16(23-20)9-13(18)17(12)19/h8,11,13-17,21-22H,6-7,9-10H2,1-5H3/t13-,14?,15-,16?,17?,18?,19?,20+/m1/s1. The summed E-state index contributed by atoms with van der Waals surface area (Å²) in [5.74, 6) is 1.39. The third-order valence-electron chi connectivity index (χ3n) is 8.06. The van der Waals surface area contributed by atoms with E-state index in [-0.39, 0.29) is 34.7 Å². The van der Waals surface area contributed by atoms with E-state index in [2.05, 4.69) is 40.7 Å². The van der Waals surface area contributed by atoms with Gasteiger partial charge in [-0.3, -0.25) is 0 Å². The predicted octanol–water partition coefficient (Wildman–Crippen LogP) is 3.29. The van der Waals surface area contributed by atoms with Crippen LogP contribution >= 0.6 is 0 Å². The van der Waals surface area contributed by atoms with Crippen molar-refractivity contribution in [2.24, 2.45) is 28.6 Å². The molecule has 2 saturated carbocycles. The fourth-order valence-electron chi connectivity index (χ4n) is 6.13. The Morgan fingerprint density at radius 1 is 1.17 bits per heavy atom. The van der Waals surface area contributed by atoms with Crippen molar-refractivity contribution in [1.29, 1.82) is 0 Å². The van der Waals surface area contributed by atoms with Crippen LogP contribution in [-0.2, 0) is 4.74 Å². The molecule has 0 amide bonds. The zero-order valence-electron chi connectivity index (χ0n) is 15.2. The predicted molar refractivity (Wildman–Crippen MR) is 89.9 cm³/mol. The lowest BCUT2D eigenvalue weighted by Crippen LogP contribution is -2.50. The molecule has 3 nitrogen and oxygen atoms in total. The maximum Gasteiger partial charge on any atom is 0.118 e. The molecule has 3 fully saturated rings. The van der Waals surface area contributed by atoms with Gasteiger partial charge in [-0.15, -0.1) is 0 Å². The molecule has 0 aromatic heterocycles. The number of aliphatic hydroxyl groups is 2. The third-order valence-corrected chi connectivity index (χ3v) is 8.06. The summed E-state index contributed by atoms with van der Waals surface area (Å²) in [5, 5.41) is 21.5. The first kappa shape index (κ1) is 16.1. The monoisotopic (exact) mass is 320 g/mol. The van der Waals surface area contributed by atoms with Crippen LogP contribution in [0.15, 0.2) is 11.6 Å². The van der Waals surface area contributed by atoms with Crippen LogP contribution < -0.4 is 0 Å². The van der Waals surface area contributed by atoms with Gasteiger partial charge in [0.2, 0.25) is 0 Å². The third kappa shape index (κ3) is 1.99. The highest BCUT2D eigenvalue weighted by molar-refractivity contribution is 5.30. The van der Waals surface area contributed by atoms with E-state index in [0.29, 0.717) is 17.8 Å². The molecular weight excluding hydrogens is 288 g/mol. The lowest BCUT2D eigenvalue weighted by atomic mass is 9.50. The maximum absolute atomic E-state index is 10.8. The number of fused-ring (bicyclic) bond motifs is 4. The Labute approximate surface area is 140 Å². The number of hydrogen-bond acceptors (Lipinski definition) is 3. The molecule has 1 aliphatic heterocycles. The Kier molecular flexibility index (Phi) is 3.23. The Balaban J connectivity index is 1.76. The summed E-state index contributed by atoms with van der Waals surface area (Å²) in [5.41, 5.74) is 1.23. The van der Waals surface area contributed by atoms with Gasteiger partial charge in [0.1, 0.15) is 5.60 Å². The fourth-order valence-corrected chi connectivity index (χ4v) is 6.13. The molecule has 4 aliphatic rings. The summed E-state index contributed by atoms with van der Waals surface area (Å²) < 4.78 is 5.92. The van der Waals surface area contributed by atoms with Crippen molar-refractivity contribution < 1.29 is 14.9 Å². The number of aliphatic hydroxyl groups excluding tert-OH is 2. The van der Waals surface area contributed by atoms with Gasteiger partial charge in [0.05, 0.1) is 18.3 Å². The van der Waals surface area contributed by atoms with Crippen molar-refractivity contribution in [3.8, 4) is 0 Å². The summed E-state index contributed by atoms with van der Waals surface area (Å²) in [6.07, 6.45) is 5.67. The van der Waals surface area contributed by atoms with Gasteiger partial charge < -0.3 is 14.9 Å². The molecule has 0 radical (unpaired) electrons. The van der Waals surface area contributed by atoms with E-state index in [9.17, 15) is 10.2 Å². The van der Waals surface area contributed by atoms with E-state index >= 15 is 0 Å². The van der Waals surface area contributed by atoms with Gasteiger partial charge >= 0.3 is 0 Å². The molecular formula is C20H32O3. The molecule has 23 heavy (non-hydrogen) atoms. The van der Waals surface area contributed by atoms with Crippen molar-refractivity contribution in [2.75, 3.05) is 0 Å². The lowest BCUT2D eigenvalue weighted by Gasteiger charge is -2.54. The molecule has 0 aromatic carbocycles. The highest BCUT2D eigenvalue weighted by atomic mass is 16.6. The van der Waals surface area contributed by atoms with E-state index < -0.39 is 0 Å². The van der Waals surface area contributed by atoms with Crippen LogP contribution in [0.4, 0.5) is 0 Å². The molecule has 3 heteroatoms. The van der Waals surface area contributed by atoms with Crippen molar-refractivity contribution >= 4 is 0 Å². The normalized spacial score (nSPS) is 58.1. The number of rotatable bonds is 1. The average molecular weight is 320 g/mol. The van der Waals surface area contributed by atoms with Crippen LogP contribution in [0.5, 0.6) is 0 Å². The Hall–Kier alpha value is -0.380. The largest absolute Gasteiger partial charge is 0.390 e. The molecule has 5 unspecified atom stereocenters. The van der Waals surface area contributed by atoms with Gasteiger partial charge in [-0.25, -0.2) is 0 Å². The van der Waals surface area contributed by atoms with Gasteiger partial charge in [0.25, 0.3) is 0 Å². The van der Waals surface area contributed by atoms with Crippen molar-refractivity contribution in [3.05, 3.63) is 11.6 Å². The van der Waals surface area contributed by atoms with E-state index in [1.165, 1.54) is 5.57 Å². The van der Waals surface area contributed by atoms with E-state index in [4.69, 9.17) is 4.74 Å². The van der Waals surface area contributed by atoms with Crippen LogP contribution in [0, 0.1) is 28.6 Å². The number of epoxide rings is 1. The topological polar surface area (TPSA) is 53.0 Å². The van der Waals surface area contributed by atoms with Gasteiger partial charge in [-0.1, -0.05) is 39.3 Å². The van der Waals surface area contributed by atoms with Gasteiger partial charge in [-0.05, 0) is 55.8 Å². The molecule has 4 rings (SSSR count).